The Balaban J connectivity index is 1.76. The molecule has 1 N–H and O–H groups in total. The SMILES string of the molecule is C=C(CCC)C1CCCC(NC2CCC2)C1. The fourth-order valence-electron chi connectivity index (χ4n) is 3.15. The van der Waals surface area contributed by atoms with Gasteiger partial charge in [-0.3, -0.25) is 0 Å². The molecule has 16 heavy (non-hydrogen) atoms. The first-order valence-corrected chi connectivity index (χ1v) is 7.23. The highest BCUT2D eigenvalue weighted by Crippen LogP contribution is 2.32. The van der Waals surface area contributed by atoms with Crippen molar-refractivity contribution >= 4 is 0 Å². The van der Waals surface area contributed by atoms with Crippen molar-refractivity contribution in [3.63, 3.8) is 0 Å². The molecule has 0 aliphatic heterocycles. The molecule has 2 unspecified atom stereocenters. The Morgan fingerprint density at radius 2 is 1.81 bits per heavy atom. The molecule has 0 heterocycles. The smallest absolute Gasteiger partial charge is 0.00753 e. The van der Waals surface area contributed by atoms with Crippen molar-refractivity contribution in [1.29, 1.82) is 0 Å². The lowest BCUT2D eigenvalue weighted by Crippen LogP contribution is -2.44. The summed E-state index contributed by atoms with van der Waals surface area (Å²) in [5.41, 5.74) is 1.52. The molecule has 0 aromatic rings. The molecule has 2 saturated carbocycles. The molecule has 0 saturated heterocycles. The van der Waals surface area contributed by atoms with Crippen molar-refractivity contribution in [3.8, 4) is 0 Å². The lowest BCUT2D eigenvalue weighted by molar-refractivity contribution is 0.241. The summed E-state index contributed by atoms with van der Waals surface area (Å²) < 4.78 is 0. The van der Waals surface area contributed by atoms with Crippen molar-refractivity contribution < 1.29 is 0 Å². The van der Waals surface area contributed by atoms with Gasteiger partial charge >= 0.3 is 0 Å². The molecule has 0 radical (unpaired) electrons. The highest BCUT2D eigenvalue weighted by molar-refractivity contribution is 5.03. The van der Waals surface area contributed by atoms with Gasteiger partial charge in [-0.15, -0.1) is 0 Å². The zero-order chi connectivity index (χ0) is 11.4. The van der Waals surface area contributed by atoms with Crippen molar-refractivity contribution in [2.45, 2.75) is 76.8 Å². The van der Waals surface area contributed by atoms with Gasteiger partial charge < -0.3 is 5.32 Å². The Morgan fingerprint density at radius 1 is 1.12 bits per heavy atom. The Hall–Kier alpha value is -0.300. The molecule has 0 aromatic heterocycles. The molecule has 2 aliphatic carbocycles. The van der Waals surface area contributed by atoms with Crippen molar-refractivity contribution in [3.05, 3.63) is 12.2 Å². The van der Waals surface area contributed by atoms with Crippen LogP contribution in [-0.2, 0) is 0 Å². The van der Waals surface area contributed by atoms with Crippen molar-refractivity contribution in [2.24, 2.45) is 5.92 Å². The van der Waals surface area contributed by atoms with Crippen LogP contribution < -0.4 is 5.32 Å². The highest BCUT2D eigenvalue weighted by atomic mass is 15.0. The second-order valence-electron chi connectivity index (χ2n) is 5.76. The van der Waals surface area contributed by atoms with E-state index in [0.29, 0.717) is 0 Å². The fraction of sp³-hybridized carbons (Fsp3) is 0.867. The largest absolute Gasteiger partial charge is 0.311 e. The van der Waals surface area contributed by atoms with Crippen molar-refractivity contribution in [2.75, 3.05) is 0 Å². The maximum absolute atomic E-state index is 4.29. The van der Waals surface area contributed by atoms with Crippen LogP contribution in [0.25, 0.3) is 0 Å². The number of rotatable bonds is 5. The van der Waals surface area contributed by atoms with E-state index in [1.807, 2.05) is 0 Å². The molecule has 2 aliphatic rings. The van der Waals surface area contributed by atoms with Gasteiger partial charge in [0.2, 0.25) is 0 Å². The minimum absolute atomic E-state index is 0.789. The second-order valence-corrected chi connectivity index (χ2v) is 5.76. The van der Waals surface area contributed by atoms with Crippen LogP contribution in [0.5, 0.6) is 0 Å². The third-order valence-electron chi connectivity index (χ3n) is 4.40. The third-order valence-corrected chi connectivity index (χ3v) is 4.40. The van der Waals surface area contributed by atoms with Gasteiger partial charge in [0.15, 0.2) is 0 Å². The average molecular weight is 221 g/mol. The summed E-state index contributed by atoms with van der Waals surface area (Å²) in [7, 11) is 0. The summed E-state index contributed by atoms with van der Waals surface area (Å²) in [6, 6.07) is 1.64. The van der Waals surface area contributed by atoms with Crippen LogP contribution in [0.2, 0.25) is 0 Å². The molecule has 0 aromatic carbocycles. The lowest BCUT2D eigenvalue weighted by atomic mass is 9.79. The van der Waals surface area contributed by atoms with Gasteiger partial charge in [-0.2, -0.15) is 0 Å². The first kappa shape index (κ1) is 12.2. The van der Waals surface area contributed by atoms with Gasteiger partial charge in [-0.05, 0) is 44.4 Å². The molecule has 2 rings (SSSR count). The molecule has 0 amide bonds. The molecule has 0 spiro atoms. The van der Waals surface area contributed by atoms with E-state index in [9.17, 15) is 0 Å². The van der Waals surface area contributed by atoms with Crippen LogP contribution in [0.3, 0.4) is 0 Å². The topological polar surface area (TPSA) is 12.0 Å². The van der Waals surface area contributed by atoms with E-state index in [1.54, 1.807) is 0 Å². The molecule has 2 fully saturated rings. The van der Waals surface area contributed by atoms with E-state index in [1.165, 1.54) is 63.4 Å². The summed E-state index contributed by atoms with van der Waals surface area (Å²) in [4.78, 5) is 0. The van der Waals surface area contributed by atoms with Crippen LogP contribution in [0, 0.1) is 5.92 Å². The monoisotopic (exact) mass is 221 g/mol. The van der Waals surface area contributed by atoms with E-state index in [0.717, 1.165) is 18.0 Å². The lowest BCUT2D eigenvalue weighted by Gasteiger charge is -2.36. The zero-order valence-electron chi connectivity index (χ0n) is 10.8. The fourth-order valence-corrected chi connectivity index (χ4v) is 3.15. The van der Waals surface area contributed by atoms with E-state index in [2.05, 4.69) is 18.8 Å². The summed E-state index contributed by atoms with van der Waals surface area (Å²) >= 11 is 0. The normalized spacial score (nSPS) is 31.1. The molecule has 2 atom stereocenters. The molecule has 0 bridgehead atoms. The summed E-state index contributed by atoms with van der Waals surface area (Å²) in [6.45, 7) is 6.55. The second kappa shape index (κ2) is 5.86. The zero-order valence-corrected chi connectivity index (χ0v) is 10.8. The number of nitrogens with one attached hydrogen (secondary N) is 1. The van der Waals surface area contributed by atoms with Crippen LogP contribution in [0.1, 0.15) is 64.7 Å². The summed E-state index contributed by atoms with van der Waals surface area (Å²) in [5, 5.41) is 3.84. The van der Waals surface area contributed by atoms with Crippen LogP contribution in [-0.4, -0.2) is 12.1 Å². The molecule has 1 nitrogen and oxygen atoms in total. The summed E-state index contributed by atoms with van der Waals surface area (Å²) in [5.74, 6) is 0.811. The van der Waals surface area contributed by atoms with Gasteiger partial charge in [-0.25, -0.2) is 0 Å². The Kier molecular flexibility index (Phi) is 4.45. The Labute approximate surface area is 101 Å². The number of hydrogen-bond donors (Lipinski definition) is 1. The number of hydrogen-bond acceptors (Lipinski definition) is 1. The van der Waals surface area contributed by atoms with E-state index < -0.39 is 0 Å². The van der Waals surface area contributed by atoms with E-state index in [-0.39, 0.29) is 0 Å². The minimum Gasteiger partial charge on any atom is -0.311 e. The first-order valence-electron chi connectivity index (χ1n) is 7.23. The van der Waals surface area contributed by atoms with Crippen LogP contribution in [0.15, 0.2) is 12.2 Å². The van der Waals surface area contributed by atoms with Gasteiger partial charge in [-0.1, -0.05) is 38.3 Å². The maximum atomic E-state index is 4.29. The predicted molar refractivity (Wildman–Crippen MR) is 70.6 cm³/mol. The standard InChI is InChI=1S/C15H27N/c1-3-6-12(2)13-7-4-10-15(11-13)16-14-8-5-9-14/h13-16H,2-11H2,1H3. The van der Waals surface area contributed by atoms with Crippen LogP contribution >= 0.6 is 0 Å². The Bertz CT molecular complexity index is 230. The number of allylic oxidation sites excluding steroid dienone is 1. The summed E-state index contributed by atoms with van der Waals surface area (Å²) in [6.07, 6.45) is 12.3. The highest BCUT2D eigenvalue weighted by Gasteiger charge is 2.27. The molecular weight excluding hydrogens is 194 g/mol. The van der Waals surface area contributed by atoms with Gasteiger partial charge in [0.25, 0.3) is 0 Å². The predicted octanol–water partition coefficient (Wildman–Crippen LogP) is 4.04. The van der Waals surface area contributed by atoms with Gasteiger partial charge in [0, 0.05) is 12.1 Å². The van der Waals surface area contributed by atoms with Gasteiger partial charge in [0.05, 0.1) is 0 Å². The maximum Gasteiger partial charge on any atom is 0.00753 e. The third kappa shape index (κ3) is 3.10. The van der Waals surface area contributed by atoms with Crippen LogP contribution in [0.4, 0.5) is 0 Å². The average Bonchev–Trinajstić information content (AvgIpc) is 2.24. The van der Waals surface area contributed by atoms with E-state index in [4.69, 9.17) is 0 Å². The molecule has 1 heteroatoms. The van der Waals surface area contributed by atoms with Gasteiger partial charge in [0.1, 0.15) is 0 Å². The quantitative estimate of drug-likeness (QED) is 0.691. The first-order chi connectivity index (χ1) is 7.79. The Morgan fingerprint density at radius 3 is 2.44 bits per heavy atom. The molecular formula is C15H27N. The minimum atomic E-state index is 0.789. The van der Waals surface area contributed by atoms with Crippen molar-refractivity contribution in [1.82, 2.24) is 5.32 Å². The van der Waals surface area contributed by atoms with E-state index >= 15 is 0 Å². The molecule has 92 valence electrons.